The molecular formula is C28H45NO5. The number of rotatable bonds is 15. The second-order valence-corrected chi connectivity index (χ2v) is 10.2. The molecule has 1 aromatic rings. The Balaban J connectivity index is 2.52. The van der Waals surface area contributed by atoms with Crippen LogP contribution in [0.3, 0.4) is 0 Å². The lowest BCUT2D eigenvalue weighted by atomic mass is 9.73. The molecule has 4 N–H and O–H groups in total. The van der Waals surface area contributed by atoms with E-state index in [-0.39, 0.29) is 24.7 Å². The lowest BCUT2D eigenvalue weighted by molar-refractivity contribution is -0.142. The Morgan fingerprint density at radius 1 is 1.15 bits per heavy atom. The van der Waals surface area contributed by atoms with E-state index in [2.05, 4.69) is 11.1 Å². The summed E-state index contributed by atoms with van der Waals surface area (Å²) in [5, 5.41) is 40.5. The van der Waals surface area contributed by atoms with Gasteiger partial charge in [0.25, 0.3) is 0 Å². The summed E-state index contributed by atoms with van der Waals surface area (Å²) < 4.78 is 0. The maximum atomic E-state index is 12.9. The molecule has 2 unspecified atom stereocenters. The predicted octanol–water partition coefficient (Wildman–Crippen LogP) is 4.32. The fourth-order valence-corrected chi connectivity index (χ4v) is 4.18. The number of carbonyl (C=O) groups is 1. The smallest absolute Gasteiger partial charge is 0.146 e. The van der Waals surface area contributed by atoms with Gasteiger partial charge in [0, 0.05) is 30.3 Å². The summed E-state index contributed by atoms with van der Waals surface area (Å²) in [6.07, 6.45) is 8.38. The van der Waals surface area contributed by atoms with E-state index in [1.165, 1.54) is 5.57 Å². The minimum Gasteiger partial charge on any atom is -0.396 e. The minimum atomic E-state index is -1.02. The Hall–Kier alpha value is -1.86. The molecule has 0 aliphatic carbocycles. The number of nitrogens with zero attached hydrogens (tertiary/aromatic N) is 1. The van der Waals surface area contributed by atoms with Gasteiger partial charge in [0.05, 0.1) is 18.3 Å². The van der Waals surface area contributed by atoms with Crippen LogP contribution in [0.5, 0.6) is 0 Å². The number of carbonyl (C=O) groups excluding carboxylic acids is 1. The number of Topliss-reactive ketones (excluding diaryl/α,β-unsaturated/α-hetero) is 1. The van der Waals surface area contributed by atoms with Gasteiger partial charge in [0.15, 0.2) is 0 Å². The number of aliphatic hydroxyl groups is 4. The van der Waals surface area contributed by atoms with Crippen LogP contribution in [0.2, 0.25) is 0 Å². The van der Waals surface area contributed by atoms with Crippen molar-refractivity contribution >= 4 is 11.9 Å². The first-order valence-electron chi connectivity index (χ1n) is 12.3. The highest BCUT2D eigenvalue weighted by atomic mass is 16.3. The van der Waals surface area contributed by atoms with Crippen LogP contribution >= 0.6 is 0 Å². The van der Waals surface area contributed by atoms with E-state index in [4.69, 9.17) is 5.11 Å². The topological polar surface area (TPSA) is 111 Å². The van der Waals surface area contributed by atoms with Crippen molar-refractivity contribution in [3.05, 3.63) is 47.3 Å². The van der Waals surface area contributed by atoms with Crippen molar-refractivity contribution in [1.82, 2.24) is 4.98 Å². The lowest BCUT2D eigenvalue weighted by Crippen LogP contribution is -2.45. The van der Waals surface area contributed by atoms with Crippen LogP contribution in [0, 0.1) is 17.3 Å². The summed E-state index contributed by atoms with van der Waals surface area (Å²) in [5.41, 5.74) is 2.02. The number of hydrogen-bond acceptors (Lipinski definition) is 6. The SMILES string of the molecule is CC(=CCC(O)C(C)=Cc1cccnc1)CCCC(C)[C@H](O)[C@H](C)C(=O)C(C)(C)[C@@H](O)CCO. The normalized spacial score (nSPS) is 17.7. The number of ketones is 1. The van der Waals surface area contributed by atoms with E-state index < -0.39 is 29.6 Å². The second kappa shape index (κ2) is 14.5. The third kappa shape index (κ3) is 9.41. The van der Waals surface area contributed by atoms with Gasteiger partial charge in [-0.15, -0.1) is 0 Å². The summed E-state index contributed by atoms with van der Waals surface area (Å²) >= 11 is 0. The quantitative estimate of drug-likeness (QED) is 0.281. The molecule has 0 saturated heterocycles. The van der Waals surface area contributed by atoms with Gasteiger partial charge in [0.2, 0.25) is 0 Å². The van der Waals surface area contributed by atoms with Crippen LogP contribution in [0.25, 0.3) is 6.08 Å². The molecular weight excluding hydrogens is 430 g/mol. The molecule has 6 heteroatoms. The zero-order chi connectivity index (χ0) is 25.9. The molecule has 5 atom stereocenters. The van der Waals surface area contributed by atoms with E-state index in [9.17, 15) is 20.1 Å². The second-order valence-electron chi connectivity index (χ2n) is 10.2. The van der Waals surface area contributed by atoms with Crippen LogP contribution < -0.4 is 0 Å². The van der Waals surface area contributed by atoms with E-state index in [1.54, 1.807) is 33.2 Å². The zero-order valence-electron chi connectivity index (χ0n) is 21.7. The molecule has 0 spiro atoms. The van der Waals surface area contributed by atoms with Gasteiger partial charge >= 0.3 is 0 Å². The van der Waals surface area contributed by atoms with Crippen molar-refractivity contribution in [2.75, 3.05) is 6.61 Å². The summed E-state index contributed by atoms with van der Waals surface area (Å²) in [7, 11) is 0. The Morgan fingerprint density at radius 2 is 1.82 bits per heavy atom. The fraction of sp³-hybridized carbons (Fsp3) is 0.643. The number of aromatic nitrogens is 1. The van der Waals surface area contributed by atoms with Crippen molar-refractivity contribution in [3.63, 3.8) is 0 Å². The van der Waals surface area contributed by atoms with Crippen molar-refractivity contribution in [2.24, 2.45) is 17.3 Å². The zero-order valence-corrected chi connectivity index (χ0v) is 21.7. The van der Waals surface area contributed by atoms with Gasteiger partial charge in [-0.1, -0.05) is 51.5 Å². The standard InChI is InChI=1S/C28H45NO5/c1-19(12-13-24(31)21(3)17-23-11-8-15-29-18-23)9-7-10-20(2)26(33)22(4)27(34)28(5,6)25(32)14-16-30/h8,11-12,15,17-18,20,22,24-26,30-33H,7,9-10,13-14,16H2,1-6H3/t20?,22-,24?,25-,26-/m0/s1. The highest BCUT2D eigenvalue weighted by molar-refractivity contribution is 5.87. The van der Waals surface area contributed by atoms with E-state index in [0.717, 1.165) is 30.4 Å². The number of hydrogen-bond donors (Lipinski definition) is 4. The van der Waals surface area contributed by atoms with Gasteiger partial charge in [-0.2, -0.15) is 0 Å². The van der Waals surface area contributed by atoms with Crippen molar-refractivity contribution < 1.29 is 25.2 Å². The lowest BCUT2D eigenvalue weighted by Gasteiger charge is -2.34. The highest BCUT2D eigenvalue weighted by Crippen LogP contribution is 2.31. The maximum Gasteiger partial charge on any atom is 0.146 e. The number of aliphatic hydroxyl groups excluding tert-OH is 4. The van der Waals surface area contributed by atoms with Crippen molar-refractivity contribution in [3.8, 4) is 0 Å². The van der Waals surface area contributed by atoms with Crippen LogP contribution in [0.15, 0.2) is 41.7 Å². The molecule has 34 heavy (non-hydrogen) atoms. The third-order valence-electron chi connectivity index (χ3n) is 6.90. The van der Waals surface area contributed by atoms with Gasteiger partial charge < -0.3 is 20.4 Å². The van der Waals surface area contributed by atoms with Crippen molar-refractivity contribution in [1.29, 1.82) is 0 Å². The molecule has 6 nitrogen and oxygen atoms in total. The molecule has 0 aliphatic rings. The van der Waals surface area contributed by atoms with E-state index in [1.807, 2.05) is 39.0 Å². The molecule has 0 radical (unpaired) electrons. The summed E-state index contributed by atoms with van der Waals surface area (Å²) in [5.74, 6) is -0.847. The maximum absolute atomic E-state index is 12.9. The van der Waals surface area contributed by atoms with Crippen molar-refractivity contribution in [2.45, 2.75) is 92.0 Å². The largest absolute Gasteiger partial charge is 0.396 e. The molecule has 192 valence electrons. The van der Waals surface area contributed by atoms with Gasteiger partial charge in [0.1, 0.15) is 5.78 Å². The summed E-state index contributed by atoms with van der Waals surface area (Å²) in [4.78, 5) is 17.0. The number of pyridine rings is 1. The fourth-order valence-electron chi connectivity index (χ4n) is 4.18. The molecule has 1 rings (SSSR count). The first-order valence-corrected chi connectivity index (χ1v) is 12.3. The first-order chi connectivity index (χ1) is 15.9. The summed E-state index contributed by atoms with van der Waals surface area (Å²) in [6.45, 7) is 10.8. The molecule has 1 heterocycles. The van der Waals surface area contributed by atoms with Crippen LogP contribution in [0.4, 0.5) is 0 Å². The van der Waals surface area contributed by atoms with Crippen LogP contribution in [0.1, 0.15) is 79.2 Å². The molecule has 0 aromatic carbocycles. The monoisotopic (exact) mass is 475 g/mol. The molecule has 0 bridgehead atoms. The predicted molar refractivity (Wildman–Crippen MR) is 137 cm³/mol. The van der Waals surface area contributed by atoms with Gasteiger partial charge in [-0.05, 0) is 69.1 Å². The molecule has 0 amide bonds. The highest BCUT2D eigenvalue weighted by Gasteiger charge is 2.40. The molecule has 0 aliphatic heterocycles. The van der Waals surface area contributed by atoms with Gasteiger partial charge in [-0.3, -0.25) is 9.78 Å². The van der Waals surface area contributed by atoms with Gasteiger partial charge in [-0.25, -0.2) is 0 Å². The first kappa shape index (κ1) is 30.2. The Bertz CT molecular complexity index is 802. The Kier molecular flexibility index (Phi) is 12.9. The minimum absolute atomic E-state index is 0.0622. The molecule has 1 aromatic heterocycles. The van der Waals surface area contributed by atoms with E-state index >= 15 is 0 Å². The molecule has 0 fully saturated rings. The molecule has 0 saturated carbocycles. The number of allylic oxidation sites excluding steroid dienone is 1. The average Bonchev–Trinajstić information content (AvgIpc) is 2.81. The average molecular weight is 476 g/mol. The van der Waals surface area contributed by atoms with Crippen LogP contribution in [-0.4, -0.2) is 56.1 Å². The summed E-state index contributed by atoms with van der Waals surface area (Å²) in [6, 6.07) is 3.82. The Labute approximate surface area is 205 Å². The Morgan fingerprint density at radius 3 is 2.41 bits per heavy atom. The van der Waals surface area contributed by atoms with E-state index in [0.29, 0.717) is 6.42 Å². The third-order valence-corrected chi connectivity index (χ3v) is 6.90. The van der Waals surface area contributed by atoms with Crippen LogP contribution in [-0.2, 0) is 4.79 Å².